The molecule has 12 heavy (non-hydrogen) atoms. The van der Waals surface area contributed by atoms with Gasteiger partial charge in [0.2, 0.25) is 0 Å². The SMILES string of the molecule is CC1(CNCCC#N)CCCS1. The molecule has 0 radical (unpaired) electrons. The average Bonchev–Trinajstić information content (AvgIpc) is 2.47. The number of nitrogens with zero attached hydrogens (tertiary/aromatic N) is 1. The molecule has 1 rings (SSSR count). The van der Waals surface area contributed by atoms with Gasteiger partial charge in [-0.15, -0.1) is 0 Å². The number of nitriles is 1. The van der Waals surface area contributed by atoms with Gasteiger partial charge in [0.1, 0.15) is 0 Å². The Balaban J connectivity index is 2.09. The van der Waals surface area contributed by atoms with Gasteiger partial charge >= 0.3 is 0 Å². The van der Waals surface area contributed by atoms with Crippen LogP contribution in [-0.4, -0.2) is 23.6 Å². The van der Waals surface area contributed by atoms with Crippen LogP contribution in [0.3, 0.4) is 0 Å². The van der Waals surface area contributed by atoms with Crippen molar-refractivity contribution in [1.82, 2.24) is 5.32 Å². The summed E-state index contributed by atoms with van der Waals surface area (Å²) in [6, 6.07) is 2.14. The predicted octanol–water partition coefficient (Wildman–Crippen LogP) is 1.78. The summed E-state index contributed by atoms with van der Waals surface area (Å²) in [5.74, 6) is 1.30. The standard InChI is InChI=1S/C9H16N2S/c1-9(4-2-7-12-9)8-11-6-3-5-10/h11H,2-4,6-8H2,1H3. The Bertz CT molecular complexity index is 168. The van der Waals surface area contributed by atoms with Gasteiger partial charge in [0.15, 0.2) is 0 Å². The molecule has 0 aromatic rings. The third-order valence-electron chi connectivity index (χ3n) is 2.21. The fraction of sp³-hybridized carbons (Fsp3) is 0.889. The van der Waals surface area contributed by atoms with Crippen LogP contribution in [0.1, 0.15) is 26.2 Å². The summed E-state index contributed by atoms with van der Waals surface area (Å²) >= 11 is 2.06. The number of thioether (sulfide) groups is 1. The molecule has 3 heteroatoms. The Kier molecular flexibility index (Phi) is 3.90. The highest BCUT2D eigenvalue weighted by Crippen LogP contribution is 2.36. The van der Waals surface area contributed by atoms with Crippen molar-refractivity contribution < 1.29 is 0 Å². The fourth-order valence-corrected chi connectivity index (χ4v) is 2.75. The van der Waals surface area contributed by atoms with Crippen LogP contribution in [-0.2, 0) is 0 Å². The third kappa shape index (κ3) is 3.04. The van der Waals surface area contributed by atoms with Crippen molar-refractivity contribution in [2.24, 2.45) is 0 Å². The van der Waals surface area contributed by atoms with E-state index in [0.29, 0.717) is 11.2 Å². The van der Waals surface area contributed by atoms with E-state index in [1.807, 2.05) is 0 Å². The van der Waals surface area contributed by atoms with E-state index >= 15 is 0 Å². The van der Waals surface area contributed by atoms with Crippen molar-refractivity contribution in [3.8, 4) is 6.07 Å². The Morgan fingerprint density at radius 3 is 3.08 bits per heavy atom. The highest BCUT2D eigenvalue weighted by Gasteiger charge is 2.28. The summed E-state index contributed by atoms with van der Waals surface area (Å²) in [6.45, 7) is 4.20. The maximum Gasteiger partial charge on any atom is 0.0635 e. The van der Waals surface area contributed by atoms with Gasteiger partial charge in [0.25, 0.3) is 0 Å². The lowest BCUT2D eigenvalue weighted by Gasteiger charge is -2.22. The molecule has 1 atom stereocenters. The summed E-state index contributed by atoms with van der Waals surface area (Å²) in [5, 5.41) is 11.7. The van der Waals surface area contributed by atoms with Gasteiger partial charge in [-0.2, -0.15) is 17.0 Å². The molecule has 1 N–H and O–H groups in total. The van der Waals surface area contributed by atoms with Gasteiger partial charge in [-0.25, -0.2) is 0 Å². The smallest absolute Gasteiger partial charge is 0.0635 e. The molecule has 0 bridgehead atoms. The minimum absolute atomic E-state index is 0.440. The van der Waals surface area contributed by atoms with Crippen molar-refractivity contribution in [1.29, 1.82) is 5.26 Å². The maximum absolute atomic E-state index is 8.33. The van der Waals surface area contributed by atoms with E-state index in [1.165, 1.54) is 18.6 Å². The largest absolute Gasteiger partial charge is 0.314 e. The van der Waals surface area contributed by atoms with Gasteiger partial charge in [0.05, 0.1) is 6.07 Å². The summed E-state index contributed by atoms with van der Waals surface area (Å²) < 4.78 is 0.440. The molecule has 1 aliphatic heterocycles. The monoisotopic (exact) mass is 184 g/mol. The first-order valence-corrected chi connectivity index (χ1v) is 5.47. The van der Waals surface area contributed by atoms with Crippen LogP contribution in [0.5, 0.6) is 0 Å². The maximum atomic E-state index is 8.33. The van der Waals surface area contributed by atoms with E-state index in [-0.39, 0.29) is 0 Å². The summed E-state index contributed by atoms with van der Waals surface area (Å²) in [5.41, 5.74) is 0. The van der Waals surface area contributed by atoms with Gasteiger partial charge in [-0.1, -0.05) is 0 Å². The van der Waals surface area contributed by atoms with Gasteiger partial charge < -0.3 is 5.32 Å². The van der Waals surface area contributed by atoms with Crippen molar-refractivity contribution in [3.63, 3.8) is 0 Å². The quantitative estimate of drug-likeness (QED) is 0.676. The minimum Gasteiger partial charge on any atom is -0.314 e. The highest BCUT2D eigenvalue weighted by molar-refractivity contribution is 8.00. The van der Waals surface area contributed by atoms with E-state index in [1.54, 1.807) is 0 Å². The molecule has 0 spiro atoms. The second-order valence-corrected chi connectivity index (χ2v) is 5.17. The highest BCUT2D eigenvalue weighted by atomic mass is 32.2. The van der Waals surface area contributed by atoms with Crippen LogP contribution in [0.2, 0.25) is 0 Å². The molecular weight excluding hydrogens is 168 g/mol. The molecule has 0 saturated carbocycles. The number of hydrogen-bond acceptors (Lipinski definition) is 3. The molecule has 0 aliphatic carbocycles. The first-order chi connectivity index (χ1) is 5.77. The first kappa shape index (κ1) is 9.88. The lowest BCUT2D eigenvalue weighted by molar-refractivity contribution is 0.542. The molecule has 1 unspecified atom stereocenters. The van der Waals surface area contributed by atoms with Gasteiger partial charge in [-0.3, -0.25) is 0 Å². The van der Waals surface area contributed by atoms with Crippen LogP contribution in [0.15, 0.2) is 0 Å². The lowest BCUT2D eigenvalue weighted by Crippen LogP contribution is -2.33. The molecule has 0 amide bonds. The zero-order valence-electron chi connectivity index (χ0n) is 7.60. The van der Waals surface area contributed by atoms with Crippen LogP contribution in [0.25, 0.3) is 0 Å². The molecular formula is C9H16N2S. The lowest BCUT2D eigenvalue weighted by atomic mass is 10.1. The predicted molar refractivity (Wildman–Crippen MR) is 53.2 cm³/mol. The van der Waals surface area contributed by atoms with Crippen LogP contribution in [0, 0.1) is 11.3 Å². The molecule has 1 saturated heterocycles. The second-order valence-electron chi connectivity index (χ2n) is 3.49. The molecule has 1 aliphatic rings. The van der Waals surface area contributed by atoms with Gasteiger partial charge in [0, 0.05) is 24.3 Å². The number of nitrogens with one attached hydrogen (secondary N) is 1. The Morgan fingerprint density at radius 2 is 2.50 bits per heavy atom. The molecule has 0 aromatic heterocycles. The Labute approximate surface area is 78.7 Å². The molecule has 68 valence electrons. The van der Waals surface area contributed by atoms with Crippen molar-refractivity contribution in [2.45, 2.75) is 30.9 Å². The zero-order chi connectivity index (χ0) is 8.86. The van der Waals surface area contributed by atoms with Crippen LogP contribution < -0.4 is 5.32 Å². The van der Waals surface area contributed by atoms with Crippen LogP contribution >= 0.6 is 11.8 Å². The number of hydrogen-bond donors (Lipinski definition) is 1. The molecule has 2 nitrogen and oxygen atoms in total. The first-order valence-electron chi connectivity index (χ1n) is 4.48. The summed E-state index contributed by atoms with van der Waals surface area (Å²) in [7, 11) is 0. The van der Waals surface area contributed by atoms with E-state index in [9.17, 15) is 0 Å². The number of rotatable bonds is 4. The summed E-state index contributed by atoms with van der Waals surface area (Å²) in [6.07, 6.45) is 3.29. The average molecular weight is 184 g/mol. The van der Waals surface area contributed by atoms with Gasteiger partial charge in [-0.05, 0) is 25.5 Å². The Hall–Kier alpha value is -0.200. The van der Waals surface area contributed by atoms with E-state index in [2.05, 4.69) is 30.1 Å². The minimum atomic E-state index is 0.440. The zero-order valence-corrected chi connectivity index (χ0v) is 8.41. The Morgan fingerprint density at radius 1 is 1.67 bits per heavy atom. The van der Waals surface area contributed by atoms with Crippen molar-refractivity contribution in [3.05, 3.63) is 0 Å². The van der Waals surface area contributed by atoms with Crippen LogP contribution in [0.4, 0.5) is 0 Å². The topological polar surface area (TPSA) is 35.8 Å². The fourth-order valence-electron chi connectivity index (χ4n) is 1.47. The van der Waals surface area contributed by atoms with E-state index < -0.39 is 0 Å². The second kappa shape index (κ2) is 4.74. The normalized spacial score (nSPS) is 28.7. The molecule has 1 heterocycles. The van der Waals surface area contributed by atoms with Crippen molar-refractivity contribution >= 4 is 11.8 Å². The molecule has 1 fully saturated rings. The van der Waals surface area contributed by atoms with Crippen molar-refractivity contribution in [2.75, 3.05) is 18.8 Å². The van der Waals surface area contributed by atoms with E-state index in [0.717, 1.165) is 13.1 Å². The molecule has 0 aromatic carbocycles. The third-order valence-corrected chi connectivity index (χ3v) is 3.75. The van der Waals surface area contributed by atoms with E-state index in [4.69, 9.17) is 5.26 Å². The summed E-state index contributed by atoms with van der Waals surface area (Å²) in [4.78, 5) is 0.